The minimum absolute atomic E-state index is 0.0340. The number of aliphatic carboxylic acids is 1. The monoisotopic (exact) mass is 271 g/mol. The topological polar surface area (TPSA) is 76.0 Å². The van der Waals surface area contributed by atoms with E-state index < -0.39 is 5.97 Å². The second kappa shape index (κ2) is 4.80. The summed E-state index contributed by atoms with van der Waals surface area (Å²) in [7, 11) is 0. The summed E-state index contributed by atoms with van der Waals surface area (Å²) in [5.41, 5.74) is 0.957. The van der Waals surface area contributed by atoms with E-state index in [1.165, 1.54) is 12.1 Å². The number of rotatable bonds is 3. The van der Waals surface area contributed by atoms with Crippen molar-refractivity contribution in [3.8, 4) is 0 Å². The van der Waals surface area contributed by atoms with Crippen molar-refractivity contribution in [3.05, 3.63) is 42.1 Å². The van der Waals surface area contributed by atoms with Gasteiger partial charge < -0.3 is 5.11 Å². The van der Waals surface area contributed by atoms with Crippen LogP contribution in [0.5, 0.6) is 0 Å². The fourth-order valence-electron chi connectivity index (χ4n) is 1.97. The van der Waals surface area contributed by atoms with E-state index in [1.54, 1.807) is 12.3 Å². The van der Waals surface area contributed by atoms with E-state index in [4.69, 9.17) is 5.11 Å². The number of halogens is 1. The fraction of sp³-hybridized carbons (Fsp3) is 0.143. The first kappa shape index (κ1) is 12.4. The predicted molar refractivity (Wildman–Crippen MR) is 70.8 cm³/mol. The smallest absolute Gasteiger partial charge is 0.303 e. The van der Waals surface area contributed by atoms with Crippen molar-refractivity contribution < 1.29 is 14.3 Å². The number of nitrogens with zero attached hydrogens (tertiary/aromatic N) is 3. The molecule has 0 spiro atoms. The van der Waals surface area contributed by atoms with Gasteiger partial charge in [-0.25, -0.2) is 19.3 Å². The molecule has 0 aliphatic heterocycles. The number of fused-ring (bicyclic) bond motifs is 2. The van der Waals surface area contributed by atoms with Gasteiger partial charge in [-0.3, -0.25) is 4.79 Å². The number of aromatic nitrogens is 3. The van der Waals surface area contributed by atoms with Crippen LogP contribution in [0.2, 0.25) is 0 Å². The molecule has 3 rings (SSSR count). The lowest BCUT2D eigenvalue weighted by Crippen LogP contribution is -2.02. The van der Waals surface area contributed by atoms with Crippen LogP contribution in [0.25, 0.3) is 21.9 Å². The molecular formula is C14H10FN3O2. The van der Waals surface area contributed by atoms with Gasteiger partial charge in [-0.2, -0.15) is 0 Å². The van der Waals surface area contributed by atoms with Crippen molar-refractivity contribution in [1.82, 2.24) is 15.0 Å². The molecule has 0 atom stereocenters. The molecule has 2 heterocycles. The molecule has 0 amide bonds. The SMILES string of the molecule is O=C(O)CCc1ncc2cc3ccc(F)cc3nc2n1. The Hall–Kier alpha value is -2.63. The van der Waals surface area contributed by atoms with Crippen LogP contribution in [0.15, 0.2) is 30.5 Å². The molecule has 0 radical (unpaired) electrons. The summed E-state index contributed by atoms with van der Waals surface area (Å²) in [5.74, 6) is -0.838. The summed E-state index contributed by atoms with van der Waals surface area (Å²) in [4.78, 5) is 23.2. The molecule has 1 aromatic carbocycles. The quantitative estimate of drug-likeness (QED) is 0.740. The average Bonchev–Trinajstić information content (AvgIpc) is 2.42. The molecular weight excluding hydrogens is 261 g/mol. The molecule has 0 saturated heterocycles. The molecule has 0 aliphatic rings. The third-order valence-corrected chi connectivity index (χ3v) is 2.94. The van der Waals surface area contributed by atoms with Crippen LogP contribution in [-0.2, 0) is 11.2 Å². The van der Waals surface area contributed by atoms with Crippen LogP contribution < -0.4 is 0 Å². The molecule has 2 aromatic heterocycles. The zero-order valence-electron chi connectivity index (χ0n) is 10.4. The molecule has 6 heteroatoms. The van der Waals surface area contributed by atoms with E-state index in [1.807, 2.05) is 6.07 Å². The van der Waals surface area contributed by atoms with E-state index in [0.29, 0.717) is 17.0 Å². The first-order valence-electron chi connectivity index (χ1n) is 6.05. The largest absolute Gasteiger partial charge is 0.481 e. The van der Waals surface area contributed by atoms with Crippen LogP contribution in [0.3, 0.4) is 0 Å². The highest BCUT2D eigenvalue weighted by Crippen LogP contribution is 2.19. The lowest BCUT2D eigenvalue weighted by atomic mass is 10.2. The fourth-order valence-corrected chi connectivity index (χ4v) is 1.97. The molecule has 5 nitrogen and oxygen atoms in total. The molecule has 3 aromatic rings. The summed E-state index contributed by atoms with van der Waals surface area (Å²) < 4.78 is 13.2. The summed E-state index contributed by atoms with van der Waals surface area (Å²) in [6, 6.07) is 6.19. The number of benzene rings is 1. The van der Waals surface area contributed by atoms with Gasteiger partial charge in [-0.1, -0.05) is 0 Å². The number of aryl methyl sites for hydroxylation is 1. The Balaban J connectivity index is 2.08. The predicted octanol–water partition coefficient (Wildman–Crippen LogP) is 2.33. The minimum Gasteiger partial charge on any atom is -0.481 e. The van der Waals surface area contributed by atoms with Gasteiger partial charge in [0.1, 0.15) is 11.6 Å². The highest BCUT2D eigenvalue weighted by Gasteiger charge is 2.06. The summed E-state index contributed by atoms with van der Waals surface area (Å²) in [5, 5.41) is 10.2. The number of carboxylic acids is 1. The van der Waals surface area contributed by atoms with Crippen LogP contribution in [0, 0.1) is 5.82 Å². The molecule has 0 bridgehead atoms. The summed E-state index contributed by atoms with van der Waals surface area (Å²) in [6.07, 6.45) is 1.82. The van der Waals surface area contributed by atoms with Crippen LogP contribution in [0.1, 0.15) is 12.2 Å². The van der Waals surface area contributed by atoms with Crippen molar-refractivity contribution in [2.45, 2.75) is 12.8 Å². The minimum atomic E-state index is -0.901. The van der Waals surface area contributed by atoms with Crippen molar-refractivity contribution >= 4 is 27.9 Å². The van der Waals surface area contributed by atoms with E-state index in [9.17, 15) is 9.18 Å². The number of hydrogen-bond donors (Lipinski definition) is 1. The Morgan fingerprint density at radius 3 is 2.85 bits per heavy atom. The Bertz CT molecular complexity index is 820. The lowest BCUT2D eigenvalue weighted by Gasteiger charge is -2.03. The average molecular weight is 271 g/mol. The zero-order chi connectivity index (χ0) is 14.1. The Morgan fingerprint density at radius 1 is 1.20 bits per heavy atom. The van der Waals surface area contributed by atoms with Crippen molar-refractivity contribution in [2.75, 3.05) is 0 Å². The van der Waals surface area contributed by atoms with Gasteiger partial charge in [-0.05, 0) is 18.2 Å². The standard InChI is InChI=1S/C14H10FN3O2/c15-10-2-1-8-5-9-7-16-12(3-4-13(19)20)18-14(9)17-11(8)6-10/h1-2,5-7H,3-4H2,(H,19,20). The second-order valence-corrected chi connectivity index (χ2v) is 4.42. The third kappa shape index (κ3) is 2.40. The van der Waals surface area contributed by atoms with Gasteiger partial charge in [0.05, 0.1) is 11.9 Å². The zero-order valence-corrected chi connectivity index (χ0v) is 10.4. The summed E-state index contributed by atoms with van der Waals surface area (Å²) in [6.45, 7) is 0. The summed E-state index contributed by atoms with van der Waals surface area (Å²) >= 11 is 0. The van der Waals surface area contributed by atoms with Crippen molar-refractivity contribution in [3.63, 3.8) is 0 Å². The number of carbonyl (C=O) groups is 1. The molecule has 0 fully saturated rings. The van der Waals surface area contributed by atoms with E-state index >= 15 is 0 Å². The number of pyridine rings is 1. The highest BCUT2D eigenvalue weighted by atomic mass is 19.1. The molecule has 0 unspecified atom stereocenters. The van der Waals surface area contributed by atoms with E-state index in [0.717, 1.165) is 10.8 Å². The Morgan fingerprint density at radius 2 is 2.05 bits per heavy atom. The van der Waals surface area contributed by atoms with Gasteiger partial charge in [0.2, 0.25) is 0 Å². The van der Waals surface area contributed by atoms with Gasteiger partial charge in [0.15, 0.2) is 5.65 Å². The molecule has 20 heavy (non-hydrogen) atoms. The van der Waals surface area contributed by atoms with Gasteiger partial charge in [0.25, 0.3) is 0 Å². The van der Waals surface area contributed by atoms with Gasteiger partial charge >= 0.3 is 5.97 Å². The maximum Gasteiger partial charge on any atom is 0.303 e. The molecule has 0 saturated carbocycles. The maximum absolute atomic E-state index is 13.2. The molecule has 0 aliphatic carbocycles. The lowest BCUT2D eigenvalue weighted by molar-refractivity contribution is -0.137. The van der Waals surface area contributed by atoms with E-state index in [2.05, 4.69) is 15.0 Å². The van der Waals surface area contributed by atoms with Crippen LogP contribution in [0.4, 0.5) is 4.39 Å². The van der Waals surface area contributed by atoms with Crippen molar-refractivity contribution in [2.24, 2.45) is 0 Å². The van der Waals surface area contributed by atoms with Crippen molar-refractivity contribution in [1.29, 1.82) is 0 Å². The second-order valence-electron chi connectivity index (χ2n) is 4.42. The molecule has 1 N–H and O–H groups in total. The van der Waals surface area contributed by atoms with E-state index in [-0.39, 0.29) is 18.7 Å². The van der Waals surface area contributed by atoms with Gasteiger partial charge in [-0.15, -0.1) is 0 Å². The number of carboxylic acid groups (broad SMARTS) is 1. The van der Waals surface area contributed by atoms with Crippen LogP contribution >= 0.6 is 0 Å². The highest BCUT2D eigenvalue weighted by molar-refractivity contribution is 5.90. The number of hydrogen-bond acceptors (Lipinski definition) is 4. The molecule has 100 valence electrons. The maximum atomic E-state index is 13.2. The normalized spacial score (nSPS) is 11.1. The first-order chi connectivity index (χ1) is 9.61. The van der Waals surface area contributed by atoms with Gasteiger partial charge in [0, 0.05) is 29.5 Å². The van der Waals surface area contributed by atoms with Crippen LogP contribution in [-0.4, -0.2) is 26.0 Å². The third-order valence-electron chi connectivity index (χ3n) is 2.94. The Kier molecular flexibility index (Phi) is 2.98. The first-order valence-corrected chi connectivity index (χ1v) is 6.05. The Labute approximate surface area is 113 Å².